The lowest BCUT2D eigenvalue weighted by Crippen LogP contribution is -2.32. The molecule has 2 heterocycles. The highest BCUT2D eigenvalue weighted by Gasteiger charge is 2.45. The van der Waals surface area contributed by atoms with Gasteiger partial charge in [-0.05, 0) is 35.6 Å². The Hall–Kier alpha value is -1.13. The molecule has 3 rings (SSSR count). The van der Waals surface area contributed by atoms with Gasteiger partial charge in [-0.2, -0.15) is 0 Å². The second kappa shape index (κ2) is 5.34. The van der Waals surface area contributed by atoms with Crippen LogP contribution in [-0.2, 0) is 7.05 Å². The number of nitrogens with one attached hydrogen (secondary N) is 1. The number of nitrogens with zero attached hydrogens (tertiary/aromatic N) is 2. The predicted octanol–water partition coefficient (Wildman–Crippen LogP) is 3.60. The van der Waals surface area contributed by atoms with E-state index in [0.717, 1.165) is 18.3 Å². The highest BCUT2D eigenvalue weighted by molar-refractivity contribution is 7.10. The van der Waals surface area contributed by atoms with Crippen molar-refractivity contribution in [1.29, 1.82) is 0 Å². The average molecular weight is 289 g/mol. The van der Waals surface area contributed by atoms with E-state index in [2.05, 4.69) is 53.3 Å². The van der Waals surface area contributed by atoms with Crippen molar-refractivity contribution in [2.45, 2.75) is 32.7 Å². The van der Waals surface area contributed by atoms with Crippen LogP contribution >= 0.6 is 11.3 Å². The van der Waals surface area contributed by atoms with Crippen LogP contribution < -0.4 is 5.32 Å². The van der Waals surface area contributed by atoms with Crippen LogP contribution in [-0.4, -0.2) is 16.1 Å². The minimum atomic E-state index is 0.214. The zero-order valence-electron chi connectivity index (χ0n) is 12.5. The Kier molecular flexibility index (Phi) is 3.69. The lowest BCUT2D eigenvalue weighted by Gasteiger charge is -2.24. The fourth-order valence-corrected chi connectivity index (χ4v) is 3.65. The molecular formula is C16H23N3S. The molecule has 0 aliphatic heterocycles. The first-order valence-electron chi connectivity index (χ1n) is 7.36. The first kappa shape index (κ1) is 13.8. The maximum atomic E-state index is 4.55. The molecule has 0 radical (unpaired) electrons. The summed E-state index contributed by atoms with van der Waals surface area (Å²) in [5, 5.41) is 5.92. The zero-order valence-corrected chi connectivity index (χ0v) is 13.3. The molecule has 108 valence electrons. The minimum absolute atomic E-state index is 0.214. The van der Waals surface area contributed by atoms with Gasteiger partial charge in [-0.15, -0.1) is 11.3 Å². The van der Waals surface area contributed by atoms with Crippen molar-refractivity contribution < 1.29 is 0 Å². The molecule has 2 aromatic heterocycles. The summed E-state index contributed by atoms with van der Waals surface area (Å²) in [6, 6.07) is 4.53. The molecule has 1 fully saturated rings. The van der Waals surface area contributed by atoms with Gasteiger partial charge in [-0.25, -0.2) is 4.98 Å². The van der Waals surface area contributed by atoms with Crippen molar-refractivity contribution in [3.63, 3.8) is 0 Å². The van der Waals surface area contributed by atoms with E-state index in [-0.39, 0.29) is 6.04 Å². The standard InChI is InChI=1S/C16H23N3S/c1-12(2)16(6-7-16)11-18-14(13-5-4-10-20-13)15-17-8-9-19(15)3/h4-5,8-10,12,14,18H,6-7,11H2,1-3H3. The van der Waals surface area contributed by atoms with Crippen LogP contribution in [0.25, 0.3) is 0 Å². The second-order valence-electron chi connectivity index (χ2n) is 6.24. The van der Waals surface area contributed by atoms with Crippen LogP contribution in [0.15, 0.2) is 29.9 Å². The molecule has 1 N–H and O–H groups in total. The van der Waals surface area contributed by atoms with Crippen molar-refractivity contribution in [3.05, 3.63) is 40.6 Å². The van der Waals surface area contributed by atoms with Gasteiger partial charge in [-0.3, -0.25) is 0 Å². The molecule has 1 unspecified atom stereocenters. The molecular weight excluding hydrogens is 266 g/mol. The molecule has 3 nitrogen and oxygen atoms in total. The van der Waals surface area contributed by atoms with Gasteiger partial charge < -0.3 is 9.88 Å². The Labute approximate surface area is 125 Å². The molecule has 4 heteroatoms. The summed E-state index contributed by atoms with van der Waals surface area (Å²) in [6.07, 6.45) is 6.62. The average Bonchev–Trinajstić information content (AvgIpc) is 2.83. The topological polar surface area (TPSA) is 29.9 Å². The van der Waals surface area contributed by atoms with Gasteiger partial charge in [0.15, 0.2) is 0 Å². The number of hydrogen-bond donors (Lipinski definition) is 1. The van der Waals surface area contributed by atoms with Gasteiger partial charge in [0.2, 0.25) is 0 Å². The van der Waals surface area contributed by atoms with Crippen LogP contribution in [0.1, 0.15) is 43.4 Å². The molecule has 2 aromatic rings. The van der Waals surface area contributed by atoms with Gasteiger partial charge in [0.25, 0.3) is 0 Å². The summed E-state index contributed by atoms with van der Waals surface area (Å²) in [7, 11) is 2.07. The number of aryl methyl sites for hydroxylation is 1. The van der Waals surface area contributed by atoms with Gasteiger partial charge in [-0.1, -0.05) is 19.9 Å². The Morgan fingerprint density at radius 1 is 1.45 bits per heavy atom. The van der Waals surface area contributed by atoms with Crippen molar-refractivity contribution in [1.82, 2.24) is 14.9 Å². The Balaban J connectivity index is 1.79. The Bertz CT molecular complexity index is 552. The normalized spacial score (nSPS) is 18.4. The highest BCUT2D eigenvalue weighted by atomic mass is 32.1. The molecule has 0 saturated heterocycles. The quantitative estimate of drug-likeness (QED) is 0.880. The van der Waals surface area contributed by atoms with E-state index in [1.165, 1.54) is 17.7 Å². The smallest absolute Gasteiger partial charge is 0.131 e. The molecule has 1 atom stereocenters. The molecule has 0 spiro atoms. The first-order chi connectivity index (χ1) is 9.62. The zero-order chi connectivity index (χ0) is 14.2. The molecule has 20 heavy (non-hydrogen) atoms. The van der Waals surface area contributed by atoms with Crippen LogP contribution in [0.3, 0.4) is 0 Å². The Morgan fingerprint density at radius 3 is 2.75 bits per heavy atom. The van der Waals surface area contributed by atoms with Crippen molar-refractivity contribution >= 4 is 11.3 Å². The third-order valence-corrected chi connectivity index (χ3v) is 5.66. The number of imidazole rings is 1. The van der Waals surface area contributed by atoms with Gasteiger partial charge in [0.1, 0.15) is 11.9 Å². The van der Waals surface area contributed by atoms with E-state index in [9.17, 15) is 0 Å². The number of thiophene rings is 1. The van der Waals surface area contributed by atoms with E-state index < -0.39 is 0 Å². The van der Waals surface area contributed by atoms with Gasteiger partial charge in [0, 0.05) is 30.9 Å². The lowest BCUT2D eigenvalue weighted by atomic mass is 9.92. The van der Waals surface area contributed by atoms with Crippen LogP contribution in [0.2, 0.25) is 0 Å². The SMILES string of the molecule is CC(C)C1(CNC(c2cccs2)c2nccn2C)CC1. The second-order valence-corrected chi connectivity index (χ2v) is 7.22. The number of rotatable bonds is 6. The molecule has 1 aliphatic rings. The number of hydrogen-bond acceptors (Lipinski definition) is 3. The summed E-state index contributed by atoms with van der Waals surface area (Å²) < 4.78 is 2.12. The van der Waals surface area contributed by atoms with Crippen molar-refractivity contribution in [2.24, 2.45) is 18.4 Å². The first-order valence-corrected chi connectivity index (χ1v) is 8.24. The van der Waals surface area contributed by atoms with Crippen LogP contribution in [0, 0.1) is 11.3 Å². The maximum absolute atomic E-state index is 4.55. The van der Waals surface area contributed by atoms with E-state index in [0.29, 0.717) is 5.41 Å². The van der Waals surface area contributed by atoms with E-state index in [1.807, 2.05) is 12.4 Å². The lowest BCUT2D eigenvalue weighted by molar-refractivity contribution is 0.326. The summed E-state index contributed by atoms with van der Waals surface area (Å²) in [5.74, 6) is 1.85. The predicted molar refractivity (Wildman–Crippen MR) is 83.9 cm³/mol. The third-order valence-electron chi connectivity index (χ3n) is 4.72. The van der Waals surface area contributed by atoms with Crippen molar-refractivity contribution in [2.75, 3.05) is 6.54 Å². The summed E-state index contributed by atoms with van der Waals surface area (Å²) in [4.78, 5) is 5.89. The monoisotopic (exact) mass is 289 g/mol. The molecule has 1 aliphatic carbocycles. The molecule has 0 amide bonds. The van der Waals surface area contributed by atoms with E-state index in [4.69, 9.17) is 0 Å². The summed E-state index contributed by atoms with van der Waals surface area (Å²) in [6.45, 7) is 5.77. The van der Waals surface area contributed by atoms with Gasteiger partial charge >= 0.3 is 0 Å². The van der Waals surface area contributed by atoms with E-state index >= 15 is 0 Å². The fourth-order valence-electron chi connectivity index (χ4n) is 2.85. The van der Waals surface area contributed by atoms with E-state index in [1.54, 1.807) is 11.3 Å². The Morgan fingerprint density at radius 2 is 2.25 bits per heavy atom. The fraction of sp³-hybridized carbons (Fsp3) is 0.562. The third kappa shape index (κ3) is 2.54. The number of aromatic nitrogens is 2. The maximum Gasteiger partial charge on any atom is 0.131 e. The highest BCUT2D eigenvalue weighted by Crippen LogP contribution is 2.51. The van der Waals surface area contributed by atoms with Gasteiger partial charge in [0.05, 0.1) is 0 Å². The molecule has 0 bridgehead atoms. The molecule has 0 aromatic carbocycles. The van der Waals surface area contributed by atoms with Crippen LogP contribution in [0.5, 0.6) is 0 Å². The minimum Gasteiger partial charge on any atom is -0.336 e. The molecule has 1 saturated carbocycles. The summed E-state index contributed by atoms with van der Waals surface area (Å²) in [5.41, 5.74) is 0.515. The van der Waals surface area contributed by atoms with Crippen molar-refractivity contribution in [3.8, 4) is 0 Å². The largest absolute Gasteiger partial charge is 0.336 e. The van der Waals surface area contributed by atoms with Crippen LogP contribution in [0.4, 0.5) is 0 Å². The summed E-state index contributed by atoms with van der Waals surface area (Å²) >= 11 is 1.80.